The molecule has 0 radical (unpaired) electrons. The van der Waals surface area contributed by atoms with Crippen molar-refractivity contribution >= 4 is 24.1 Å². The standard InChI is InChI=1S/C19H22O6.C18H22O4.CO2.H4N2/c1-9-7-17-8-18(9,24)5-3-10(17)19-6-4-11(20)16(2,15(23)25-19)13(19)12(17)14(21)22;1-9-7-17-8-18(9,22)6-5-12(17)11-3-4-13(19)10(2)14(11)15(17)16(20)21;2-1-3;1-2/h4,6,10-13,20,24H,1,3,5,7-8H2,2H3,(H,21,22);3-4,10,13-15,19,22H,1,5-8H2,2H3,(H,20,21);;1-2H2/t10-,11+,12-,13-,16-,17+,18+,19+;10-,13-,14+,15+,17-,18-;;/m10../s1. The van der Waals surface area contributed by atoms with Gasteiger partial charge in [0.25, 0.3) is 0 Å². The maximum Gasteiger partial charge on any atom is 0.373 e. The van der Waals surface area contributed by atoms with Crippen molar-refractivity contribution in [3.05, 3.63) is 59.8 Å². The molecule has 6 fully saturated rings. The first-order valence-electron chi connectivity index (χ1n) is 17.6. The minimum absolute atomic E-state index is 0.115. The fraction of sp³-hybridized carbons (Fsp3) is 0.632. The van der Waals surface area contributed by atoms with Crippen molar-refractivity contribution in [2.24, 2.45) is 63.4 Å². The first kappa shape index (κ1) is 38.0. The van der Waals surface area contributed by atoms with Crippen molar-refractivity contribution in [1.29, 1.82) is 0 Å². The van der Waals surface area contributed by atoms with Crippen LogP contribution in [0.4, 0.5) is 0 Å². The average Bonchev–Trinajstić information content (AvgIpc) is 3.69. The molecule has 282 valence electrons. The Morgan fingerprint density at radius 2 is 1.56 bits per heavy atom. The zero-order valence-electron chi connectivity index (χ0n) is 29.3. The minimum atomic E-state index is -1.27. The predicted molar refractivity (Wildman–Crippen MR) is 179 cm³/mol. The van der Waals surface area contributed by atoms with E-state index in [0.29, 0.717) is 50.5 Å². The number of carboxylic acids is 2. The van der Waals surface area contributed by atoms with E-state index in [1.165, 1.54) is 5.57 Å². The lowest BCUT2D eigenvalue weighted by Crippen LogP contribution is -2.50. The van der Waals surface area contributed by atoms with E-state index in [4.69, 9.17) is 14.3 Å². The quantitative estimate of drug-likeness (QED) is 0.0864. The molecule has 14 nitrogen and oxygen atoms in total. The van der Waals surface area contributed by atoms with Gasteiger partial charge in [-0.1, -0.05) is 43.9 Å². The van der Waals surface area contributed by atoms with Crippen LogP contribution in [0.25, 0.3) is 0 Å². The number of aliphatic hydroxyl groups is 4. The maximum absolute atomic E-state index is 12.7. The van der Waals surface area contributed by atoms with Gasteiger partial charge in [0, 0.05) is 23.2 Å². The van der Waals surface area contributed by atoms with Crippen molar-refractivity contribution in [2.75, 3.05) is 0 Å². The summed E-state index contributed by atoms with van der Waals surface area (Å²) in [6, 6.07) is 0. The number of carbonyl (C=O) groups excluding carboxylic acids is 3. The molecule has 10 N–H and O–H groups in total. The van der Waals surface area contributed by atoms with Gasteiger partial charge >= 0.3 is 24.1 Å². The third-order valence-corrected chi connectivity index (χ3v) is 14.8. The number of aliphatic carboxylic acids is 2. The number of hydrazine groups is 1. The van der Waals surface area contributed by atoms with Crippen molar-refractivity contribution < 1.29 is 59.3 Å². The largest absolute Gasteiger partial charge is 0.481 e. The minimum Gasteiger partial charge on any atom is -0.481 e. The van der Waals surface area contributed by atoms with Crippen LogP contribution in [0.5, 0.6) is 0 Å². The normalized spacial score (nSPS) is 49.0. The Hall–Kier alpha value is -3.75. The highest BCUT2D eigenvalue weighted by Crippen LogP contribution is 2.77. The zero-order valence-corrected chi connectivity index (χ0v) is 29.3. The fourth-order valence-electron chi connectivity index (χ4n) is 12.8. The van der Waals surface area contributed by atoms with Gasteiger partial charge in [0.1, 0.15) is 11.0 Å². The topological polar surface area (TPSA) is 268 Å². The number of fused-ring (bicyclic) bond motifs is 3. The van der Waals surface area contributed by atoms with Gasteiger partial charge in [-0.15, -0.1) is 0 Å². The van der Waals surface area contributed by atoms with E-state index in [2.05, 4.69) is 24.8 Å². The van der Waals surface area contributed by atoms with Crippen LogP contribution in [0.15, 0.2) is 59.8 Å². The molecule has 2 spiro atoms. The molecule has 1 saturated heterocycles. The second-order valence-electron chi connectivity index (χ2n) is 16.6. The van der Waals surface area contributed by atoms with Crippen LogP contribution < -0.4 is 11.7 Å². The van der Waals surface area contributed by atoms with Crippen LogP contribution in [-0.4, -0.2) is 83.7 Å². The molecule has 9 rings (SSSR count). The summed E-state index contributed by atoms with van der Waals surface area (Å²) in [6.45, 7) is 11.6. The van der Waals surface area contributed by atoms with Crippen molar-refractivity contribution in [3.8, 4) is 0 Å². The molecule has 0 aromatic carbocycles. The van der Waals surface area contributed by atoms with Gasteiger partial charge in [0.2, 0.25) is 0 Å². The summed E-state index contributed by atoms with van der Waals surface area (Å²) in [5.74, 6) is 3.15. The van der Waals surface area contributed by atoms with E-state index in [0.717, 1.165) is 17.6 Å². The van der Waals surface area contributed by atoms with Crippen LogP contribution in [0, 0.1) is 51.8 Å². The highest BCUT2D eigenvalue weighted by Gasteiger charge is 2.83. The smallest absolute Gasteiger partial charge is 0.373 e. The van der Waals surface area contributed by atoms with E-state index in [-0.39, 0.29) is 23.9 Å². The summed E-state index contributed by atoms with van der Waals surface area (Å²) in [7, 11) is 0. The molecule has 14 atom stereocenters. The first-order valence-corrected chi connectivity index (χ1v) is 17.6. The Bertz CT molecular complexity index is 1760. The van der Waals surface area contributed by atoms with Crippen molar-refractivity contribution in [3.63, 3.8) is 0 Å². The molecule has 0 amide bonds. The van der Waals surface area contributed by atoms with Gasteiger partial charge in [-0.3, -0.25) is 26.1 Å². The number of nitrogens with two attached hydrogens (primary N) is 2. The molecular formula is C38H48N2O12. The van der Waals surface area contributed by atoms with Gasteiger partial charge in [-0.25, -0.2) is 0 Å². The lowest BCUT2D eigenvalue weighted by atomic mass is 9.61. The number of hydrogen-bond donors (Lipinski definition) is 8. The summed E-state index contributed by atoms with van der Waals surface area (Å²) in [5, 5.41) is 62.5. The lowest BCUT2D eigenvalue weighted by Gasteiger charge is -2.44. The first-order chi connectivity index (χ1) is 24.3. The predicted octanol–water partition coefficient (Wildman–Crippen LogP) is 1.30. The van der Waals surface area contributed by atoms with E-state index in [1.54, 1.807) is 25.2 Å². The second kappa shape index (κ2) is 12.1. The molecule has 5 saturated carbocycles. The summed E-state index contributed by atoms with van der Waals surface area (Å²) < 4.78 is 5.87. The molecule has 0 aromatic rings. The third-order valence-electron chi connectivity index (χ3n) is 14.8. The molecule has 8 aliphatic carbocycles. The number of ether oxygens (including phenoxy) is 1. The maximum atomic E-state index is 12.7. The van der Waals surface area contributed by atoms with Gasteiger partial charge in [0.05, 0.1) is 35.2 Å². The summed E-state index contributed by atoms with van der Waals surface area (Å²) in [5.41, 5.74) is -1.62. The van der Waals surface area contributed by atoms with Crippen LogP contribution in [0.3, 0.4) is 0 Å². The number of esters is 1. The Labute approximate surface area is 300 Å². The van der Waals surface area contributed by atoms with Crippen LogP contribution in [0.1, 0.15) is 65.2 Å². The number of hydrogen-bond acceptors (Lipinski definition) is 12. The van der Waals surface area contributed by atoms with Crippen molar-refractivity contribution in [1.82, 2.24) is 0 Å². The Morgan fingerprint density at radius 3 is 2.17 bits per heavy atom. The Balaban J connectivity index is 0.000000160. The molecular weight excluding hydrogens is 676 g/mol. The molecule has 14 heteroatoms. The molecule has 1 aliphatic heterocycles. The Morgan fingerprint density at radius 1 is 0.962 bits per heavy atom. The van der Waals surface area contributed by atoms with Crippen LogP contribution >= 0.6 is 0 Å². The van der Waals surface area contributed by atoms with Gasteiger partial charge in [0.15, 0.2) is 0 Å². The highest BCUT2D eigenvalue weighted by molar-refractivity contribution is 5.86. The van der Waals surface area contributed by atoms with Gasteiger partial charge in [-0.2, -0.15) is 9.59 Å². The molecule has 6 bridgehead atoms. The van der Waals surface area contributed by atoms with Crippen LogP contribution in [0.2, 0.25) is 0 Å². The lowest BCUT2D eigenvalue weighted by molar-refractivity contribution is -0.192. The summed E-state index contributed by atoms with van der Waals surface area (Å²) in [4.78, 5) is 53.4. The van der Waals surface area contributed by atoms with Crippen LogP contribution in [-0.2, 0) is 28.7 Å². The molecule has 1 heterocycles. The monoisotopic (exact) mass is 724 g/mol. The molecule has 0 unspecified atom stereocenters. The number of allylic oxidation sites excluding steroid dienone is 3. The SMILES string of the molecule is C=C1C[C@]23C[C@@]1(O)CCC2=C1C=C[C@H](O)[C@H](C)[C@H]1[C@@H]3C(=O)O.C=C1C[C@]23C[C@@]1(O)CC[C@H]2[C@]12C=C[C@H](O)[C@@](C)(C(=O)O1)[C@H]2[C@@H]3C(=O)O.NN.O=C=O. The molecule has 9 aliphatic rings. The third kappa shape index (κ3) is 4.55. The van der Waals surface area contributed by atoms with E-state index < -0.39 is 80.9 Å². The fourth-order valence-corrected chi connectivity index (χ4v) is 12.8. The van der Waals surface area contributed by atoms with E-state index in [9.17, 15) is 45.0 Å². The highest BCUT2D eigenvalue weighted by atomic mass is 16.6. The Kier molecular flexibility index (Phi) is 8.87. The number of aliphatic hydroxyl groups excluding tert-OH is 2. The number of carbonyl (C=O) groups is 3. The average molecular weight is 725 g/mol. The van der Waals surface area contributed by atoms with Gasteiger partial charge < -0.3 is 35.4 Å². The van der Waals surface area contributed by atoms with E-state index >= 15 is 0 Å². The number of carboxylic acid groups (broad SMARTS) is 2. The van der Waals surface area contributed by atoms with Gasteiger partial charge in [-0.05, 0) is 92.4 Å². The second-order valence-corrected chi connectivity index (χ2v) is 16.6. The number of rotatable bonds is 2. The molecule has 0 aromatic heterocycles. The van der Waals surface area contributed by atoms with Crippen molar-refractivity contribution in [2.45, 2.75) is 94.2 Å². The summed E-state index contributed by atoms with van der Waals surface area (Å²) in [6.07, 6.45) is 9.88. The van der Waals surface area contributed by atoms with E-state index in [1.807, 2.05) is 13.0 Å². The molecule has 52 heavy (non-hydrogen) atoms. The summed E-state index contributed by atoms with van der Waals surface area (Å²) >= 11 is 0. The zero-order chi connectivity index (χ0) is 38.6.